The minimum Gasteiger partial charge on any atom is -0.462 e. The van der Waals surface area contributed by atoms with E-state index >= 15 is 0 Å². The average molecular weight is 1000 g/mol. The lowest BCUT2D eigenvalue weighted by atomic mass is 10.0. The van der Waals surface area contributed by atoms with Crippen LogP contribution >= 0.6 is 0 Å². The SMILES string of the molecule is CC/C=C\C/C=C\C/C=C\C/C=C\CCC(=O)OC(COC(=O)CCCCCCCCCCCCCC)COC(=O)CCCCCCCCCCCCCCCC/C=C\C/C=C\C/C=C\CCCCCCC. The molecule has 0 saturated carbocycles. The number of carbonyl (C=O) groups excluding carboxylic acids is 3. The summed E-state index contributed by atoms with van der Waals surface area (Å²) in [6.45, 7) is 6.46. The van der Waals surface area contributed by atoms with Gasteiger partial charge in [0.15, 0.2) is 6.10 Å². The molecule has 0 radical (unpaired) electrons. The lowest BCUT2D eigenvalue weighted by molar-refractivity contribution is -0.166. The monoisotopic (exact) mass is 1000 g/mol. The van der Waals surface area contributed by atoms with Crippen molar-refractivity contribution in [1.82, 2.24) is 0 Å². The predicted molar refractivity (Wildman–Crippen MR) is 311 cm³/mol. The minimum absolute atomic E-state index is 0.102. The van der Waals surface area contributed by atoms with Crippen LogP contribution in [-0.4, -0.2) is 37.2 Å². The summed E-state index contributed by atoms with van der Waals surface area (Å²) in [5, 5.41) is 0. The van der Waals surface area contributed by atoms with Crippen molar-refractivity contribution in [2.75, 3.05) is 13.2 Å². The molecule has 0 amide bonds. The Morgan fingerprint density at radius 2 is 0.569 bits per heavy atom. The highest BCUT2D eigenvalue weighted by atomic mass is 16.6. The number of allylic oxidation sites excluding steroid dienone is 14. The van der Waals surface area contributed by atoms with E-state index < -0.39 is 6.10 Å². The van der Waals surface area contributed by atoms with Crippen LogP contribution in [0.25, 0.3) is 0 Å². The molecule has 414 valence electrons. The molecule has 0 aliphatic carbocycles. The maximum Gasteiger partial charge on any atom is 0.306 e. The van der Waals surface area contributed by atoms with Gasteiger partial charge in [-0.25, -0.2) is 0 Å². The molecule has 1 unspecified atom stereocenters. The van der Waals surface area contributed by atoms with Crippen LogP contribution in [0.2, 0.25) is 0 Å². The van der Waals surface area contributed by atoms with Crippen molar-refractivity contribution in [3.05, 3.63) is 85.1 Å². The second-order valence-corrected chi connectivity index (χ2v) is 20.2. The summed E-state index contributed by atoms with van der Waals surface area (Å²) in [7, 11) is 0. The van der Waals surface area contributed by atoms with Crippen molar-refractivity contribution < 1.29 is 28.6 Å². The molecular weight excluding hydrogens is 889 g/mol. The normalized spacial score (nSPS) is 12.7. The lowest BCUT2D eigenvalue weighted by Gasteiger charge is -2.18. The Kier molecular flexibility index (Phi) is 57.3. The van der Waals surface area contributed by atoms with Crippen molar-refractivity contribution in [2.45, 2.75) is 303 Å². The summed E-state index contributed by atoms with van der Waals surface area (Å²) < 4.78 is 16.8. The zero-order valence-corrected chi connectivity index (χ0v) is 47.4. The summed E-state index contributed by atoms with van der Waals surface area (Å²) in [6, 6.07) is 0. The van der Waals surface area contributed by atoms with Gasteiger partial charge in [0.05, 0.1) is 0 Å². The Morgan fingerprint density at radius 3 is 0.903 bits per heavy atom. The highest BCUT2D eigenvalue weighted by Crippen LogP contribution is 2.16. The number of unbranched alkanes of at least 4 members (excludes halogenated alkanes) is 30. The molecule has 0 saturated heterocycles. The molecule has 0 spiro atoms. The van der Waals surface area contributed by atoms with Crippen LogP contribution in [0.1, 0.15) is 297 Å². The van der Waals surface area contributed by atoms with Crippen LogP contribution in [0.15, 0.2) is 85.1 Å². The third-order valence-electron chi connectivity index (χ3n) is 13.1. The summed E-state index contributed by atoms with van der Waals surface area (Å²) >= 11 is 0. The fourth-order valence-electron chi connectivity index (χ4n) is 8.58. The summed E-state index contributed by atoms with van der Waals surface area (Å²) in [5.74, 6) is -0.978. The Balaban J connectivity index is 4.21. The Morgan fingerprint density at radius 1 is 0.292 bits per heavy atom. The van der Waals surface area contributed by atoms with Gasteiger partial charge in [-0.3, -0.25) is 14.4 Å². The van der Waals surface area contributed by atoms with Crippen molar-refractivity contribution in [3.63, 3.8) is 0 Å². The Bertz CT molecular complexity index is 1380. The Hall–Kier alpha value is -3.41. The smallest absolute Gasteiger partial charge is 0.306 e. The van der Waals surface area contributed by atoms with Crippen LogP contribution < -0.4 is 0 Å². The second kappa shape index (κ2) is 60.1. The van der Waals surface area contributed by atoms with Gasteiger partial charge in [0.1, 0.15) is 13.2 Å². The molecule has 6 heteroatoms. The summed E-state index contributed by atoms with van der Waals surface area (Å²) in [5.41, 5.74) is 0. The molecule has 0 fully saturated rings. The first-order valence-electron chi connectivity index (χ1n) is 30.6. The molecule has 0 aliphatic heterocycles. The number of ether oxygens (including phenoxy) is 3. The van der Waals surface area contributed by atoms with Gasteiger partial charge in [-0.2, -0.15) is 0 Å². The fraction of sp³-hybridized carbons (Fsp3) is 0.742. The van der Waals surface area contributed by atoms with Crippen LogP contribution in [0.4, 0.5) is 0 Å². The van der Waals surface area contributed by atoms with E-state index in [4.69, 9.17) is 14.2 Å². The standard InChI is InChI=1S/C66H114O6/c1-4-7-10-13-16-19-22-25-26-27-28-29-30-31-32-33-34-35-36-37-38-39-40-42-44-47-50-53-56-59-65(68)71-62-63(61-70-64(67)58-55-52-49-46-43-24-21-18-15-12-9-6-3)72-66(69)60-57-54-51-48-45-41-23-20-17-14-11-8-5-2/h8,11,17,20,22,25,27-28,30-31,41,45,51,54,63H,4-7,9-10,12-16,18-19,21,23-24,26,29,32-40,42-44,46-50,52-53,55-62H2,1-3H3/b11-8-,20-17-,25-22-,28-27-,31-30-,45-41-,54-51-. The van der Waals surface area contributed by atoms with Crippen molar-refractivity contribution in [1.29, 1.82) is 0 Å². The Labute approximate surface area is 445 Å². The van der Waals surface area contributed by atoms with E-state index in [0.717, 1.165) is 77.0 Å². The average Bonchev–Trinajstić information content (AvgIpc) is 3.38. The van der Waals surface area contributed by atoms with Crippen LogP contribution in [0.5, 0.6) is 0 Å². The largest absolute Gasteiger partial charge is 0.462 e. The van der Waals surface area contributed by atoms with Gasteiger partial charge in [0.2, 0.25) is 0 Å². The molecule has 0 aromatic rings. The highest BCUT2D eigenvalue weighted by molar-refractivity contribution is 5.71. The van der Waals surface area contributed by atoms with Crippen molar-refractivity contribution in [3.8, 4) is 0 Å². The second-order valence-electron chi connectivity index (χ2n) is 20.2. The minimum atomic E-state index is -0.812. The quantitative estimate of drug-likeness (QED) is 0.0261. The van der Waals surface area contributed by atoms with E-state index in [0.29, 0.717) is 19.3 Å². The third-order valence-corrected chi connectivity index (χ3v) is 13.1. The zero-order valence-electron chi connectivity index (χ0n) is 47.4. The highest BCUT2D eigenvalue weighted by Gasteiger charge is 2.19. The van der Waals surface area contributed by atoms with Gasteiger partial charge in [-0.05, 0) is 83.5 Å². The van der Waals surface area contributed by atoms with Crippen molar-refractivity contribution >= 4 is 17.9 Å². The van der Waals surface area contributed by atoms with Gasteiger partial charge in [-0.15, -0.1) is 0 Å². The number of carbonyl (C=O) groups is 3. The fourth-order valence-corrected chi connectivity index (χ4v) is 8.58. The van der Waals surface area contributed by atoms with E-state index in [1.165, 1.54) is 173 Å². The van der Waals surface area contributed by atoms with E-state index in [1.807, 2.05) is 6.08 Å². The van der Waals surface area contributed by atoms with E-state index in [2.05, 4.69) is 99.8 Å². The first-order chi connectivity index (χ1) is 35.5. The van der Waals surface area contributed by atoms with Crippen molar-refractivity contribution in [2.24, 2.45) is 0 Å². The van der Waals surface area contributed by atoms with E-state index in [-0.39, 0.29) is 37.5 Å². The van der Waals surface area contributed by atoms with Crippen LogP contribution in [-0.2, 0) is 28.6 Å². The molecule has 0 aromatic heterocycles. The molecule has 72 heavy (non-hydrogen) atoms. The molecule has 1 atom stereocenters. The van der Waals surface area contributed by atoms with Crippen LogP contribution in [0.3, 0.4) is 0 Å². The molecule has 0 aliphatic rings. The third kappa shape index (κ3) is 57.5. The topological polar surface area (TPSA) is 78.9 Å². The summed E-state index contributed by atoms with van der Waals surface area (Å²) in [4.78, 5) is 38.1. The molecule has 0 bridgehead atoms. The summed E-state index contributed by atoms with van der Waals surface area (Å²) in [6.07, 6.45) is 79.0. The molecule has 0 aromatic carbocycles. The molecule has 0 heterocycles. The number of esters is 3. The first kappa shape index (κ1) is 68.6. The van der Waals surface area contributed by atoms with Crippen LogP contribution in [0, 0.1) is 0 Å². The number of hydrogen-bond acceptors (Lipinski definition) is 6. The van der Waals surface area contributed by atoms with E-state index in [9.17, 15) is 14.4 Å². The van der Waals surface area contributed by atoms with Gasteiger partial charge < -0.3 is 14.2 Å². The van der Waals surface area contributed by atoms with Gasteiger partial charge in [-0.1, -0.05) is 279 Å². The van der Waals surface area contributed by atoms with Gasteiger partial charge in [0, 0.05) is 19.3 Å². The number of hydrogen-bond donors (Lipinski definition) is 0. The van der Waals surface area contributed by atoms with Gasteiger partial charge in [0.25, 0.3) is 0 Å². The lowest BCUT2D eigenvalue weighted by Crippen LogP contribution is -2.30. The van der Waals surface area contributed by atoms with Gasteiger partial charge >= 0.3 is 17.9 Å². The molecule has 0 N–H and O–H groups in total. The zero-order chi connectivity index (χ0) is 52.2. The molecule has 0 rings (SSSR count). The maximum atomic E-state index is 12.8. The predicted octanol–water partition coefficient (Wildman–Crippen LogP) is 20.7. The molecule has 6 nitrogen and oxygen atoms in total. The number of rotatable bonds is 55. The first-order valence-corrected chi connectivity index (χ1v) is 30.6. The van der Waals surface area contributed by atoms with E-state index in [1.54, 1.807) is 0 Å². The maximum absolute atomic E-state index is 12.8. The molecular formula is C66H114O6.